The van der Waals surface area contributed by atoms with Gasteiger partial charge in [-0.1, -0.05) is 29.3 Å². The van der Waals surface area contributed by atoms with E-state index in [1.807, 2.05) is 6.92 Å². The van der Waals surface area contributed by atoms with Crippen LogP contribution in [0.25, 0.3) is 0 Å². The SMILES string of the molecule is C[C@H](C(=O)Nc1c(Cl)cccc1Cl)[NH+]1CCN(C(=O)c2ccco2)CC1. The van der Waals surface area contributed by atoms with Crippen molar-refractivity contribution in [1.29, 1.82) is 0 Å². The van der Waals surface area contributed by atoms with E-state index >= 15 is 0 Å². The second kappa shape index (κ2) is 8.12. The van der Waals surface area contributed by atoms with Crippen LogP contribution in [0.4, 0.5) is 5.69 Å². The molecule has 6 nitrogen and oxygen atoms in total. The third-order valence-electron chi connectivity index (χ3n) is 4.64. The fraction of sp³-hybridized carbons (Fsp3) is 0.333. The number of amides is 2. The van der Waals surface area contributed by atoms with Gasteiger partial charge in [0.15, 0.2) is 11.8 Å². The van der Waals surface area contributed by atoms with Crippen molar-refractivity contribution in [2.75, 3.05) is 31.5 Å². The number of hydrogen-bond acceptors (Lipinski definition) is 3. The minimum absolute atomic E-state index is 0.117. The molecule has 0 aliphatic carbocycles. The number of piperazine rings is 1. The molecule has 0 saturated carbocycles. The molecule has 2 N–H and O–H groups in total. The lowest BCUT2D eigenvalue weighted by molar-refractivity contribution is -0.917. The Hall–Kier alpha value is -2.02. The van der Waals surface area contributed by atoms with E-state index in [2.05, 4.69) is 5.32 Å². The number of anilines is 1. The van der Waals surface area contributed by atoms with Crippen LogP contribution in [-0.4, -0.2) is 48.9 Å². The average Bonchev–Trinajstić information content (AvgIpc) is 3.18. The van der Waals surface area contributed by atoms with E-state index in [1.54, 1.807) is 35.2 Å². The van der Waals surface area contributed by atoms with Crippen LogP contribution >= 0.6 is 23.2 Å². The van der Waals surface area contributed by atoms with Crippen molar-refractivity contribution in [3.05, 3.63) is 52.4 Å². The van der Waals surface area contributed by atoms with Gasteiger partial charge in [0.05, 0.1) is 48.2 Å². The summed E-state index contributed by atoms with van der Waals surface area (Å²) >= 11 is 12.2. The number of para-hydroxylation sites is 1. The topological polar surface area (TPSA) is 67.0 Å². The first-order chi connectivity index (χ1) is 12.5. The molecule has 1 aromatic carbocycles. The molecule has 1 saturated heterocycles. The maximum Gasteiger partial charge on any atom is 0.289 e. The number of furan rings is 1. The summed E-state index contributed by atoms with van der Waals surface area (Å²) in [6.07, 6.45) is 1.49. The monoisotopic (exact) mass is 396 g/mol. The predicted molar refractivity (Wildman–Crippen MR) is 99.9 cm³/mol. The molecule has 0 unspecified atom stereocenters. The summed E-state index contributed by atoms with van der Waals surface area (Å²) in [6.45, 7) is 4.35. The standard InChI is InChI=1S/C18H19Cl2N3O3/c1-12(17(24)21-16-13(19)4-2-5-14(16)20)22-7-9-23(10-8-22)18(25)15-6-3-11-26-15/h2-6,11-12H,7-10H2,1H3,(H,21,24)/p+1/t12-/m1/s1. The third kappa shape index (κ3) is 4.03. The quantitative estimate of drug-likeness (QED) is 0.829. The molecule has 26 heavy (non-hydrogen) atoms. The highest BCUT2D eigenvalue weighted by Crippen LogP contribution is 2.29. The molecule has 2 heterocycles. The zero-order chi connectivity index (χ0) is 18.7. The first-order valence-electron chi connectivity index (χ1n) is 8.39. The van der Waals surface area contributed by atoms with Crippen molar-refractivity contribution < 1.29 is 18.9 Å². The van der Waals surface area contributed by atoms with Crippen LogP contribution in [0.2, 0.25) is 10.0 Å². The van der Waals surface area contributed by atoms with Crippen LogP contribution in [0.15, 0.2) is 41.0 Å². The number of hydrogen-bond donors (Lipinski definition) is 2. The molecular weight excluding hydrogens is 377 g/mol. The van der Waals surface area contributed by atoms with Gasteiger partial charge in [-0.3, -0.25) is 9.59 Å². The molecular formula is C18H20Cl2N3O3+. The minimum atomic E-state index is -0.289. The van der Waals surface area contributed by atoms with Crippen LogP contribution in [0, 0.1) is 0 Å². The smallest absolute Gasteiger partial charge is 0.289 e. The molecule has 1 fully saturated rings. The van der Waals surface area contributed by atoms with Gasteiger partial charge in [-0.2, -0.15) is 0 Å². The van der Waals surface area contributed by atoms with Crippen molar-refractivity contribution in [2.24, 2.45) is 0 Å². The summed E-state index contributed by atoms with van der Waals surface area (Å²) in [4.78, 5) is 27.7. The number of nitrogens with one attached hydrogen (secondary N) is 2. The van der Waals surface area contributed by atoms with Gasteiger partial charge in [-0.25, -0.2) is 0 Å². The summed E-state index contributed by atoms with van der Waals surface area (Å²) in [5, 5.41) is 3.62. The number of benzene rings is 1. The molecule has 138 valence electrons. The van der Waals surface area contributed by atoms with E-state index in [1.165, 1.54) is 6.26 Å². The van der Waals surface area contributed by atoms with E-state index in [9.17, 15) is 9.59 Å². The van der Waals surface area contributed by atoms with Gasteiger partial charge in [0.25, 0.3) is 11.8 Å². The van der Waals surface area contributed by atoms with E-state index in [-0.39, 0.29) is 17.9 Å². The lowest BCUT2D eigenvalue weighted by Crippen LogP contribution is -3.19. The fourth-order valence-electron chi connectivity index (χ4n) is 3.02. The Morgan fingerprint density at radius 3 is 2.38 bits per heavy atom. The third-order valence-corrected chi connectivity index (χ3v) is 5.27. The van der Waals surface area contributed by atoms with Crippen LogP contribution < -0.4 is 10.2 Å². The number of nitrogens with zero attached hydrogens (tertiary/aromatic N) is 1. The molecule has 0 spiro atoms. The van der Waals surface area contributed by atoms with E-state index in [4.69, 9.17) is 27.6 Å². The Kier molecular flexibility index (Phi) is 5.86. The molecule has 1 aliphatic heterocycles. The molecule has 0 bridgehead atoms. The first-order valence-corrected chi connectivity index (χ1v) is 9.15. The molecule has 3 rings (SSSR count). The number of halogens is 2. The average molecular weight is 397 g/mol. The second-order valence-corrected chi connectivity index (χ2v) is 7.05. The highest BCUT2D eigenvalue weighted by Gasteiger charge is 2.32. The number of carbonyl (C=O) groups excluding carboxylic acids is 2. The molecule has 1 atom stereocenters. The second-order valence-electron chi connectivity index (χ2n) is 6.24. The summed E-state index contributed by atoms with van der Waals surface area (Å²) in [5.41, 5.74) is 0.429. The summed E-state index contributed by atoms with van der Waals surface area (Å²) in [6, 6.07) is 8.15. The van der Waals surface area contributed by atoms with E-state index < -0.39 is 0 Å². The van der Waals surface area contributed by atoms with Crippen molar-refractivity contribution in [3.63, 3.8) is 0 Å². The van der Waals surface area contributed by atoms with Gasteiger partial charge in [-0.05, 0) is 31.2 Å². The Labute approximate surface area is 161 Å². The van der Waals surface area contributed by atoms with Crippen LogP contribution in [0.1, 0.15) is 17.5 Å². The van der Waals surface area contributed by atoms with E-state index in [0.717, 1.165) is 4.90 Å². The van der Waals surface area contributed by atoms with Gasteiger partial charge >= 0.3 is 0 Å². The lowest BCUT2D eigenvalue weighted by Gasteiger charge is -2.34. The van der Waals surface area contributed by atoms with Crippen LogP contribution in [0.3, 0.4) is 0 Å². The maximum atomic E-state index is 12.6. The number of quaternary nitrogens is 1. The molecule has 1 aromatic heterocycles. The normalized spacial score (nSPS) is 16.3. The molecule has 2 aromatic rings. The molecule has 0 radical (unpaired) electrons. The zero-order valence-corrected chi connectivity index (χ0v) is 15.8. The predicted octanol–water partition coefficient (Wildman–Crippen LogP) is 1.95. The van der Waals surface area contributed by atoms with Crippen LogP contribution in [0.5, 0.6) is 0 Å². The van der Waals surface area contributed by atoms with Crippen molar-refractivity contribution in [3.8, 4) is 0 Å². The minimum Gasteiger partial charge on any atom is -0.459 e. The Morgan fingerprint density at radius 2 is 1.81 bits per heavy atom. The highest BCUT2D eigenvalue weighted by atomic mass is 35.5. The van der Waals surface area contributed by atoms with E-state index in [0.29, 0.717) is 47.7 Å². The number of rotatable bonds is 4. The highest BCUT2D eigenvalue weighted by molar-refractivity contribution is 6.39. The van der Waals surface area contributed by atoms with Gasteiger partial charge in [0, 0.05) is 0 Å². The zero-order valence-electron chi connectivity index (χ0n) is 14.3. The van der Waals surface area contributed by atoms with Crippen LogP contribution in [-0.2, 0) is 4.79 Å². The van der Waals surface area contributed by atoms with Crippen molar-refractivity contribution >= 4 is 40.7 Å². The molecule has 2 amide bonds. The maximum absolute atomic E-state index is 12.6. The van der Waals surface area contributed by atoms with Gasteiger partial charge in [0.2, 0.25) is 0 Å². The van der Waals surface area contributed by atoms with Crippen molar-refractivity contribution in [1.82, 2.24) is 4.90 Å². The van der Waals surface area contributed by atoms with Gasteiger partial charge in [-0.15, -0.1) is 0 Å². The Balaban J connectivity index is 1.57. The largest absolute Gasteiger partial charge is 0.459 e. The lowest BCUT2D eigenvalue weighted by atomic mass is 10.2. The van der Waals surface area contributed by atoms with Gasteiger partial charge < -0.3 is 19.5 Å². The summed E-state index contributed by atoms with van der Waals surface area (Å²) in [7, 11) is 0. The fourth-order valence-corrected chi connectivity index (χ4v) is 3.51. The van der Waals surface area contributed by atoms with Gasteiger partial charge in [0.1, 0.15) is 0 Å². The Morgan fingerprint density at radius 1 is 1.15 bits per heavy atom. The first kappa shape index (κ1) is 18.8. The number of carbonyl (C=O) groups is 2. The molecule has 1 aliphatic rings. The Bertz CT molecular complexity index is 767. The summed E-state index contributed by atoms with van der Waals surface area (Å²) < 4.78 is 5.16. The van der Waals surface area contributed by atoms with Crippen molar-refractivity contribution in [2.45, 2.75) is 13.0 Å². The summed E-state index contributed by atoms with van der Waals surface area (Å²) in [5.74, 6) is 0.0717. The molecule has 8 heteroatoms.